The van der Waals surface area contributed by atoms with Crippen LogP contribution in [-0.2, 0) is 4.79 Å². The van der Waals surface area contributed by atoms with Crippen molar-refractivity contribution in [3.05, 3.63) is 35.4 Å². The Morgan fingerprint density at radius 2 is 1.59 bits per heavy atom. The molecule has 0 bridgehead atoms. The molecule has 22 heavy (non-hydrogen) atoms. The second kappa shape index (κ2) is 7.06. The molecule has 0 heterocycles. The van der Waals surface area contributed by atoms with E-state index in [0.29, 0.717) is 24.0 Å². The average molecular weight is 304 g/mol. The number of hydrogen-bond donors (Lipinski definition) is 3. The highest BCUT2D eigenvalue weighted by Crippen LogP contribution is 2.24. The van der Waals surface area contributed by atoms with Gasteiger partial charge in [-0.3, -0.25) is 14.4 Å². The van der Waals surface area contributed by atoms with Crippen LogP contribution in [0, 0.1) is 5.92 Å². The van der Waals surface area contributed by atoms with Crippen molar-refractivity contribution in [1.82, 2.24) is 5.32 Å². The fourth-order valence-corrected chi connectivity index (χ4v) is 2.81. The highest BCUT2D eigenvalue weighted by atomic mass is 16.4. The number of carboxylic acid groups (broad SMARTS) is 1. The summed E-state index contributed by atoms with van der Waals surface area (Å²) in [5, 5.41) is 12.1. The Hall–Kier alpha value is -2.37. The van der Waals surface area contributed by atoms with Crippen LogP contribution in [0.4, 0.5) is 0 Å². The predicted octanol–water partition coefficient (Wildman–Crippen LogP) is 1.55. The standard InChI is InChI=1S/C16H20N2O4/c17-14(19)10-6-8-11(9-7-10)15(20)18-13-5-3-1-2-4-12(13)16(21)22/h6-9,12-13H,1-5H2,(H2,17,19)(H,18,20)(H,21,22)/t12-,13+/m1/s1. The first-order valence-electron chi connectivity index (χ1n) is 7.42. The van der Waals surface area contributed by atoms with Gasteiger partial charge in [0, 0.05) is 17.2 Å². The molecule has 6 nitrogen and oxygen atoms in total. The van der Waals surface area contributed by atoms with Gasteiger partial charge in [0.2, 0.25) is 5.91 Å². The maximum Gasteiger partial charge on any atom is 0.308 e. The third kappa shape index (κ3) is 3.84. The van der Waals surface area contributed by atoms with E-state index in [2.05, 4.69) is 5.32 Å². The molecular formula is C16H20N2O4. The van der Waals surface area contributed by atoms with E-state index in [1.54, 1.807) is 0 Å². The minimum atomic E-state index is -0.865. The summed E-state index contributed by atoms with van der Waals surface area (Å²) in [5.41, 5.74) is 5.87. The van der Waals surface area contributed by atoms with Crippen molar-refractivity contribution >= 4 is 17.8 Å². The van der Waals surface area contributed by atoms with E-state index in [1.165, 1.54) is 24.3 Å². The van der Waals surface area contributed by atoms with Crippen LogP contribution in [0.5, 0.6) is 0 Å². The molecule has 1 saturated carbocycles. The molecule has 2 amide bonds. The van der Waals surface area contributed by atoms with Gasteiger partial charge in [0.15, 0.2) is 0 Å². The molecule has 1 aromatic carbocycles. The zero-order valence-electron chi connectivity index (χ0n) is 12.2. The summed E-state index contributed by atoms with van der Waals surface area (Å²) >= 11 is 0. The average Bonchev–Trinajstić information content (AvgIpc) is 2.72. The fraction of sp³-hybridized carbons (Fsp3) is 0.438. The van der Waals surface area contributed by atoms with Crippen molar-refractivity contribution in [1.29, 1.82) is 0 Å². The summed E-state index contributed by atoms with van der Waals surface area (Å²) in [5.74, 6) is -2.29. The summed E-state index contributed by atoms with van der Waals surface area (Å²) in [7, 11) is 0. The van der Waals surface area contributed by atoms with Gasteiger partial charge >= 0.3 is 5.97 Å². The number of primary amides is 1. The zero-order valence-corrected chi connectivity index (χ0v) is 12.2. The Kier molecular flexibility index (Phi) is 5.14. The predicted molar refractivity (Wildman–Crippen MR) is 80.4 cm³/mol. The van der Waals surface area contributed by atoms with E-state index in [0.717, 1.165) is 19.3 Å². The van der Waals surface area contributed by atoms with Crippen LogP contribution in [0.3, 0.4) is 0 Å². The van der Waals surface area contributed by atoms with Crippen molar-refractivity contribution in [2.24, 2.45) is 11.7 Å². The van der Waals surface area contributed by atoms with Crippen molar-refractivity contribution < 1.29 is 19.5 Å². The Morgan fingerprint density at radius 3 is 2.18 bits per heavy atom. The third-order valence-corrected chi connectivity index (χ3v) is 4.08. The maximum atomic E-state index is 12.3. The van der Waals surface area contributed by atoms with Crippen LogP contribution in [0.2, 0.25) is 0 Å². The number of benzene rings is 1. The number of nitrogens with one attached hydrogen (secondary N) is 1. The van der Waals surface area contributed by atoms with E-state index in [1.807, 2.05) is 0 Å². The molecule has 0 aromatic heterocycles. The first kappa shape index (κ1) is 16.0. The van der Waals surface area contributed by atoms with Gasteiger partial charge < -0.3 is 16.2 Å². The van der Waals surface area contributed by atoms with E-state index >= 15 is 0 Å². The molecule has 1 fully saturated rings. The molecule has 0 saturated heterocycles. The number of aliphatic carboxylic acids is 1. The van der Waals surface area contributed by atoms with Gasteiger partial charge in [-0.1, -0.05) is 19.3 Å². The van der Waals surface area contributed by atoms with Crippen LogP contribution in [0.25, 0.3) is 0 Å². The van der Waals surface area contributed by atoms with E-state index < -0.39 is 17.8 Å². The van der Waals surface area contributed by atoms with E-state index in [4.69, 9.17) is 5.73 Å². The number of carbonyl (C=O) groups is 3. The normalized spacial score (nSPS) is 21.6. The van der Waals surface area contributed by atoms with E-state index in [-0.39, 0.29) is 11.9 Å². The first-order valence-corrected chi connectivity index (χ1v) is 7.42. The van der Waals surface area contributed by atoms with Crippen molar-refractivity contribution in [3.63, 3.8) is 0 Å². The number of hydrogen-bond acceptors (Lipinski definition) is 3. The molecule has 1 aliphatic carbocycles. The number of amides is 2. The molecule has 118 valence electrons. The van der Waals surface area contributed by atoms with Crippen LogP contribution >= 0.6 is 0 Å². The summed E-state index contributed by atoms with van der Waals surface area (Å²) in [6.45, 7) is 0. The van der Waals surface area contributed by atoms with Crippen LogP contribution < -0.4 is 11.1 Å². The highest BCUT2D eigenvalue weighted by molar-refractivity contribution is 5.97. The molecule has 0 radical (unpaired) electrons. The smallest absolute Gasteiger partial charge is 0.308 e. The second-order valence-corrected chi connectivity index (χ2v) is 5.60. The minimum absolute atomic E-state index is 0.325. The lowest BCUT2D eigenvalue weighted by Gasteiger charge is -2.22. The van der Waals surface area contributed by atoms with Crippen molar-refractivity contribution in [2.45, 2.75) is 38.1 Å². The Balaban J connectivity index is 2.08. The molecule has 0 aliphatic heterocycles. The Bertz CT molecular complexity index is 568. The largest absolute Gasteiger partial charge is 0.481 e. The summed E-state index contributed by atoms with van der Waals surface area (Å²) in [6, 6.07) is 5.64. The van der Waals surface area contributed by atoms with Crippen LogP contribution in [-0.4, -0.2) is 28.9 Å². The quantitative estimate of drug-likeness (QED) is 0.733. The highest BCUT2D eigenvalue weighted by Gasteiger charge is 2.30. The summed E-state index contributed by atoms with van der Waals surface area (Å²) < 4.78 is 0. The minimum Gasteiger partial charge on any atom is -0.481 e. The summed E-state index contributed by atoms with van der Waals surface area (Å²) in [4.78, 5) is 34.6. The number of carboxylic acids is 1. The zero-order chi connectivity index (χ0) is 16.1. The molecule has 1 aliphatic rings. The topological polar surface area (TPSA) is 109 Å². The van der Waals surface area contributed by atoms with Gasteiger partial charge in [-0.15, -0.1) is 0 Å². The van der Waals surface area contributed by atoms with Gasteiger partial charge in [0.05, 0.1) is 5.92 Å². The van der Waals surface area contributed by atoms with Crippen molar-refractivity contribution in [3.8, 4) is 0 Å². The lowest BCUT2D eigenvalue weighted by molar-refractivity contribution is -0.142. The third-order valence-electron chi connectivity index (χ3n) is 4.08. The molecule has 2 rings (SSSR count). The molecule has 2 atom stereocenters. The molecule has 1 aromatic rings. The number of nitrogens with two attached hydrogens (primary N) is 1. The molecular weight excluding hydrogens is 284 g/mol. The lowest BCUT2D eigenvalue weighted by atomic mass is 9.94. The van der Waals surface area contributed by atoms with Gasteiger partial charge in [-0.25, -0.2) is 0 Å². The maximum absolute atomic E-state index is 12.3. The first-order chi connectivity index (χ1) is 10.5. The Morgan fingerprint density at radius 1 is 1.00 bits per heavy atom. The fourth-order valence-electron chi connectivity index (χ4n) is 2.81. The SMILES string of the molecule is NC(=O)c1ccc(C(=O)N[C@H]2CCCCC[C@H]2C(=O)O)cc1. The van der Waals surface area contributed by atoms with Gasteiger partial charge in [0.1, 0.15) is 0 Å². The molecule has 0 unspecified atom stereocenters. The van der Waals surface area contributed by atoms with Crippen molar-refractivity contribution in [2.75, 3.05) is 0 Å². The molecule has 0 spiro atoms. The summed E-state index contributed by atoms with van der Waals surface area (Å²) in [6.07, 6.45) is 4.03. The second-order valence-electron chi connectivity index (χ2n) is 5.60. The van der Waals surface area contributed by atoms with E-state index in [9.17, 15) is 19.5 Å². The number of rotatable bonds is 4. The lowest BCUT2D eigenvalue weighted by Crippen LogP contribution is -2.42. The monoisotopic (exact) mass is 304 g/mol. The molecule has 6 heteroatoms. The Labute approximate surface area is 128 Å². The van der Waals surface area contributed by atoms with Crippen LogP contribution in [0.15, 0.2) is 24.3 Å². The number of carbonyl (C=O) groups excluding carboxylic acids is 2. The van der Waals surface area contributed by atoms with Gasteiger partial charge in [-0.05, 0) is 37.1 Å². The van der Waals surface area contributed by atoms with Crippen LogP contribution in [0.1, 0.15) is 52.8 Å². The molecule has 4 N–H and O–H groups in total. The van der Waals surface area contributed by atoms with Gasteiger partial charge in [0.25, 0.3) is 5.91 Å². The van der Waals surface area contributed by atoms with Gasteiger partial charge in [-0.2, -0.15) is 0 Å².